The van der Waals surface area contributed by atoms with Crippen molar-refractivity contribution < 1.29 is 16.4 Å². The topological polar surface area (TPSA) is 57.5 Å². The van der Waals surface area contributed by atoms with E-state index in [0.717, 1.165) is 6.92 Å². The third-order valence-electron chi connectivity index (χ3n) is 0.310. The maximum Gasteiger partial charge on any atom is 0.332 e. The van der Waals surface area contributed by atoms with E-state index >= 15 is 0 Å². The zero-order chi connectivity index (χ0) is 6.08. The van der Waals surface area contributed by atoms with Gasteiger partial charge in [0.15, 0.2) is 0 Å². The first-order valence-electron chi connectivity index (χ1n) is 1.90. The standard InChI is InChI=1S/C3H6O3/c1-2(4)3(5)6/h2,4H,1H3,(H,5,6)/i2D. The summed E-state index contributed by atoms with van der Waals surface area (Å²) in [6.07, 6.45) is -2.33. The van der Waals surface area contributed by atoms with E-state index in [0.29, 0.717) is 0 Å². The van der Waals surface area contributed by atoms with Gasteiger partial charge in [0, 0.05) is 0 Å². The molecule has 1 atom stereocenters. The van der Waals surface area contributed by atoms with Crippen molar-refractivity contribution in [2.45, 2.75) is 13.0 Å². The second-order valence-corrected chi connectivity index (χ2v) is 0.891. The minimum absolute atomic E-state index is 0.884. The van der Waals surface area contributed by atoms with Crippen LogP contribution in [-0.4, -0.2) is 22.3 Å². The number of aliphatic carboxylic acids is 1. The summed E-state index contributed by atoms with van der Waals surface area (Å²) >= 11 is 0. The Bertz CT molecular complexity index is 82.7. The molecule has 0 fully saturated rings. The molecule has 1 unspecified atom stereocenters. The molecule has 0 rings (SSSR count). The molecule has 0 saturated carbocycles. The summed E-state index contributed by atoms with van der Waals surface area (Å²) in [4.78, 5) is 9.58. The molecule has 0 saturated heterocycles. The predicted molar refractivity (Wildman–Crippen MR) is 19.3 cm³/mol. The van der Waals surface area contributed by atoms with Crippen molar-refractivity contribution >= 4 is 5.97 Å². The lowest BCUT2D eigenvalue weighted by Crippen LogP contribution is -2.13. The Hall–Kier alpha value is -0.570. The summed E-state index contributed by atoms with van der Waals surface area (Å²) in [5, 5.41) is 16.0. The fraction of sp³-hybridized carbons (Fsp3) is 0.667. The smallest absolute Gasteiger partial charge is 0.332 e. The van der Waals surface area contributed by atoms with Gasteiger partial charge in [0.1, 0.15) is 6.08 Å². The van der Waals surface area contributed by atoms with Gasteiger partial charge in [-0.15, -0.1) is 0 Å². The Morgan fingerprint density at radius 1 is 2.17 bits per heavy atom. The maximum atomic E-state index is 9.58. The first-order chi connectivity index (χ1) is 2.94. The van der Waals surface area contributed by atoms with Crippen molar-refractivity contribution in [3.63, 3.8) is 0 Å². The molecule has 0 aliphatic rings. The molecule has 0 spiro atoms. The molecule has 0 heterocycles. The van der Waals surface area contributed by atoms with Crippen LogP contribution in [0, 0.1) is 0 Å². The normalized spacial score (nSPS) is 21.3. The number of carboxylic acid groups (broad SMARTS) is 1. The van der Waals surface area contributed by atoms with Gasteiger partial charge < -0.3 is 10.2 Å². The SMILES string of the molecule is [2H]C(C)(O)C(=O)O. The first-order valence-corrected chi connectivity index (χ1v) is 1.40. The highest BCUT2D eigenvalue weighted by molar-refractivity contribution is 5.71. The van der Waals surface area contributed by atoms with Gasteiger partial charge in [-0.2, -0.15) is 0 Å². The van der Waals surface area contributed by atoms with Crippen LogP contribution in [-0.2, 0) is 4.79 Å². The summed E-state index contributed by atoms with van der Waals surface area (Å²) in [7, 11) is 0. The fourth-order valence-corrected chi connectivity index (χ4v) is 0. The fourth-order valence-electron chi connectivity index (χ4n) is 0. The molecular formula is C3H6O3. The molecule has 0 aliphatic carbocycles. The van der Waals surface area contributed by atoms with Gasteiger partial charge in [-0.1, -0.05) is 0 Å². The monoisotopic (exact) mass is 91.0 g/mol. The summed E-state index contributed by atoms with van der Waals surface area (Å²) in [6, 6.07) is 0. The Balaban J connectivity index is 3.79. The van der Waals surface area contributed by atoms with Gasteiger partial charge in [-0.25, -0.2) is 4.79 Å². The zero-order valence-electron chi connectivity index (χ0n) is 4.30. The van der Waals surface area contributed by atoms with Crippen molar-refractivity contribution in [2.24, 2.45) is 0 Å². The zero-order valence-corrected chi connectivity index (χ0v) is 3.30. The average Bonchev–Trinajstić information content (AvgIpc) is 1.31. The van der Waals surface area contributed by atoms with Crippen LogP contribution in [0.4, 0.5) is 0 Å². The summed E-state index contributed by atoms with van der Waals surface area (Å²) < 4.78 is 6.34. The average molecular weight is 91.1 g/mol. The molecule has 0 bridgehead atoms. The minimum atomic E-state index is -2.33. The van der Waals surface area contributed by atoms with Crippen molar-refractivity contribution in [2.75, 3.05) is 0 Å². The van der Waals surface area contributed by atoms with Gasteiger partial charge in [0.25, 0.3) is 0 Å². The summed E-state index contributed by atoms with van der Waals surface area (Å²) in [6.45, 7) is 0.884. The largest absolute Gasteiger partial charge is 0.479 e. The van der Waals surface area contributed by atoms with E-state index < -0.39 is 12.0 Å². The van der Waals surface area contributed by atoms with Crippen molar-refractivity contribution in [1.82, 2.24) is 0 Å². The molecule has 3 nitrogen and oxygen atoms in total. The highest BCUT2D eigenvalue weighted by Crippen LogP contribution is 1.73. The molecule has 0 aliphatic heterocycles. The number of hydrogen-bond donors (Lipinski definition) is 2. The predicted octanol–water partition coefficient (Wildman–Crippen LogP) is -0.548. The number of aliphatic hydroxyl groups is 1. The van der Waals surface area contributed by atoms with Crippen LogP contribution in [0.1, 0.15) is 8.29 Å². The molecule has 0 amide bonds. The van der Waals surface area contributed by atoms with E-state index in [4.69, 9.17) is 11.6 Å². The van der Waals surface area contributed by atoms with Crippen LogP contribution in [0.25, 0.3) is 0 Å². The van der Waals surface area contributed by atoms with Crippen LogP contribution in [0.15, 0.2) is 0 Å². The lowest BCUT2D eigenvalue weighted by molar-refractivity contribution is -0.145. The summed E-state index contributed by atoms with van der Waals surface area (Å²) in [5.74, 6) is -1.53. The highest BCUT2D eigenvalue weighted by Gasteiger charge is 2.01. The van der Waals surface area contributed by atoms with E-state index in [9.17, 15) is 4.79 Å². The number of rotatable bonds is 1. The molecule has 6 heavy (non-hydrogen) atoms. The van der Waals surface area contributed by atoms with E-state index in [1.54, 1.807) is 0 Å². The number of carboxylic acids is 1. The van der Waals surface area contributed by atoms with Gasteiger partial charge in [-0.3, -0.25) is 0 Å². The number of carbonyl (C=O) groups is 1. The Labute approximate surface area is 36.6 Å². The molecule has 0 aromatic carbocycles. The third-order valence-corrected chi connectivity index (χ3v) is 0.310. The first kappa shape index (κ1) is 3.61. The highest BCUT2D eigenvalue weighted by atomic mass is 16.4. The van der Waals surface area contributed by atoms with E-state index in [2.05, 4.69) is 0 Å². The van der Waals surface area contributed by atoms with Crippen LogP contribution >= 0.6 is 0 Å². The van der Waals surface area contributed by atoms with E-state index in [1.807, 2.05) is 0 Å². The molecule has 0 aromatic rings. The summed E-state index contributed by atoms with van der Waals surface area (Å²) in [5.41, 5.74) is 0. The number of hydrogen-bond acceptors (Lipinski definition) is 2. The van der Waals surface area contributed by atoms with Gasteiger partial charge >= 0.3 is 5.97 Å². The van der Waals surface area contributed by atoms with E-state index in [1.165, 1.54) is 0 Å². The maximum absolute atomic E-state index is 9.58. The molecule has 0 radical (unpaired) electrons. The second-order valence-electron chi connectivity index (χ2n) is 0.891. The molecule has 2 N–H and O–H groups in total. The lowest BCUT2D eigenvalue weighted by Gasteiger charge is -1.89. The van der Waals surface area contributed by atoms with Gasteiger partial charge in [-0.05, 0) is 6.92 Å². The molecule has 3 heteroatoms. The molecular weight excluding hydrogens is 84.0 g/mol. The van der Waals surface area contributed by atoms with E-state index in [-0.39, 0.29) is 0 Å². The molecule has 0 aromatic heterocycles. The van der Waals surface area contributed by atoms with Crippen LogP contribution in [0.5, 0.6) is 0 Å². The van der Waals surface area contributed by atoms with Crippen molar-refractivity contribution in [3.8, 4) is 0 Å². The van der Waals surface area contributed by atoms with Crippen LogP contribution < -0.4 is 0 Å². The quantitative estimate of drug-likeness (QED) is 0.455. The van der Waals surface area contributed by atoms with Crippen LogP contribution in [0.2, 0.25) is 0 Å². The Morgan fingerprint density at radius 2 is 2.33 bits per heavy atom. The molecule has 36 valence electrons. The Kier molecular flexibility index (Phi) is 1.06. The van der Waals surface area contributed by atoms with Crippen molar-refractivity contribution in [1.29, 1.82) is 0 Å². The van der Waals surface area contributed by atoms with Crippen LogP contribution in [0.3, 0.4) is 0 Å². The van der Waals surface area contributed by atoms with Gasteiger partial charge in [0.05, 0.1) is 1.37 Å². The van der Waals surface area contributed by atoms with Gasteiger partial charge in [0.2, 0.25) is 0 Å². The second kappa shape index (κ2) is 1.77. The Morgan fingerprint density at radius 3 is 2.33 bits per heavy atom. The lowest BCUT2D eigenvalue weighted by atomic mass is 10.4. The third kappa shape index (κ3) is 1.72. The van der Waals surface area contributed by atoms with Crippen molar-refractivity contribution in [3.05, 3.63) is 0 Å². The minimum Gasteiger partial charge on any atom is -0.479 e.